The maximum atomic E-state index is 11.2. The fourth-order valence-corrected chi connectivity index (χ4v) is 1.71. The molecule has 104 valence electrons. The topological polar surface area (TPSA) is 61.5 Å². The molecule has 1 amide bonds. The number of amides is 1. The Hall–Kier alpha value is -2.49. The molecule has 0 aliphatic rings. The Labute approximate surface area is 118 Å². The first kappa shape index (κ1) is 13.9. The van der Waals surface area contributed by atoms with Crippen LogP contribution >= 0.6 is 0 Å². The van der Waals surface area contributed by atoms with E-state index in [9.17, 15) is 4.79 Å². The number of benzene rings is 2. The summed E-state index contributed by atoms with van der Waals surface area (Å²) in [6.07, 6.45) is -0.0313. The molecule has 0 fully saturated rings. The minimum atomic E-state index is -0.495. The number of rotatable bonds is 5. The number of carbonyl (C=O) groups is 1. The normalized spacial score (nSPS) is 10.3. The van der Waals surface area contributed by atoms with Crippen molar-refractivity contribution in [3.63, 3.8) is 0 Å². The molecule has 0 heterocycles. The minimum Gasteiger partial charge on any atom is -0.487 e. The van der Waals surface area contributed by atoms with Gasteiger partial charge in [-0.2, -0.15) is 0 Å². The van der Waals surface area contributed by atoms with Gasteiger partial charge in [0.1, 0.15) is 5.75 Å². The number of hydrogen-bond donors (Lipinski definition) is 1. The van der Waals surface area contributed by atoms with Crippen LogP contribution in [0, 0.1) is 0 Å². The lowest BCUT2D eigenvalue weighted by Gasteiger charge is -2.15. The van der Waals surface area contributed by atoms with Gasteiger partial charge in [0.15, 0.2) is 11.5 Å². The zero-order chi connectivity index (χ0) is 14.5. The lowest BCUT2D eigenvalue weighted by molar-refractivity contribution is 0.0999. The molecule has 20 heavy (non-hydrogen) atoms. The molecule has 0 unspecified atom stereocenters. The van der Waals surface area contributed by atoms with Gasteiger partial charge in [-0.25, -0.2) is 0 Å². The largest absolute Gasteiger partial charge is 0.487 e. The van der Waals surface area contributed by atoms with Crippen LogP contribution in [0.15, 0.2) is 48.5 Å². The Morgan fingerprint density at radius 3 is 2.35 bits per heavy atom. The van der Waals surface area contributed by atoms with Crippen molar-refractivity contribution in [1.82, 2.24) is 0 Å². The van der Waals surface area contributed by atoms with E-state index < -0.39 is 5.91 Å². The van der Waals surface area contributed by atoms with E-state index in [4.69, 9.17) is 15.2 Å². The Balaban J connectivity index is 2.33. The van der Waals surface area contributed by atoms with Crippen LogP contribution in [0.5, 0.6) is 17.2 Å². The highest BCUT2D eigenvalue weighted by atomic mass is 16.5. The first-order valence-corrected chi connectivity index (χ1v) is 6.39. The predicted octanol–water partition coefficient (Wildman–Crippen LogP) is 3.37. The van der Waals surface area contributed by atoms with Crippen molar-refractivity contribution in [2.45, 2.75) is 20.0 Å². The van der Waals surface area contributed by atoms with Gasteiger partial charge in [0.25, 0.3) is 0 Å². The summed E-state index contributed by atoms with van der Waals surface area (Å²) in [5, 5.41) is 0. The maximum absolute atomic E-state index is 11.2. The molecule has 4 nitrogen and oxygen atoms in total. The summed E-state index contributed by atoms with van der Waals surface area (Å²) >= 11 is 0. The molecule has 2 N–H and O–H groups in total. The molecule has 0 saturated carbocycles. The van der Waals surface area contributed by atoms with E-state index in [0.29, 0.717) is 22.8 Å². The van der Waals surface area contributed by atoms with E-state index in [0.717, 1.165) is 0 Å². The van der Waals surface area contributed by atoms with Crippen molar-refractivity contribution >= 4 is 5.91 Å². The second kappa shape index (κ2) is 6.10. The molecule has 2 aromatic rings. The Kier molecular flexibility index (Phi) is 4.25. The average molecular weight is 271 g/mol. The van der Waals surface area contributed by atoms with Crippen LogP contribution in [-0.4, -0.2) is 12.0 Å². The highest BCUT2D eigenvalue weighted by Gasteiger charge is 2.11. The van der Waals surface area contributed by atoms with E-state index >= 15 is 0 Å². The molecule has 0 saturated heterocycles. The lowest BCUT2D eigenvalue weighted by atomic mass is 10.2. The highest BCUT2D eigenvalue weighted by Crippen LogP contribution is 2.33. The molecular weight excluding hydrogens is 254 g/mol. The number of ether oxygens (including phenoxy) is 2. The van der Waals surface area contributed by atoms with Gasteiger partial charge in [-0.1, -0.05) is 18.2 Å². The van der Waals surface area contributed by atoms with E-state index in [2.05, 4.69) is 0 Å². The molecule has 0 atom stereocenters. The van der Waals surface area contributed by atoms with Crippen LogP contribution in [0.4, 0.5) is 0 Å². The standard InChI is InChI=1S/C16H17NO3/c1-11(2)19-15-10-12(16(17)18)8-9-14(15)20-13-6-4-3-5-7-13/h3-11H,1-2H3,(H2,17,18). The zero-order valence-corrected chi connectivity index (χ0v) is 11.5. The van der Waals surface area contributed by atoms with Crippen LogP contribution in [0.3, 0.4) is 0 Å². The van der Waals surface area contributed by atoms with Gasteiger partial charge in [-0.05, 0) is 44.2 Å². The molecule has 0 aromatic heterocycles. The van der Waals surface area contributed by atoms with Crippen LogP contribution in [0.1, 0.15) is 24.2 Å². The van der Waals surface area contributed by atoms with Crippen LogP contribution in [0.25, 0.3) is 0 Å². The van der Waals surface area contributed by atoms with Gasteiger partial charge in [-0.3, -0.25) is 4.79 Å². The van der Waals surface area contributed by atoms with E-state index in [-0.39, 0.29) is 6.10 Å². The van der Waals surface area contributed by atoms with Crippen molar-refractivity contribution < 1.29 is 14.3 Å². The van der Waals surface area contributed by atoms with E-state index in [1.165, 1.54) is 0 Å². The molecule has 0 aliphatic heterocycles. The first-order chi connectivity index (χ1) is 9.56. The van der Waals surface area contributed by atoms with Crippen molar-refractivity contribution in [3.05, 3.63) is 54.1 Å². The molecule has 2 rings (SSSR count). The minimum absolute atomic E-state index is 0.0313. The molecule has 0 spiro atoms. The Morgan fingerprint density at radius 1 is 1.05 bits per heavy atom. The SMILES string of the molecule is CC(C)Oc1cc(C(N)=O)ccc1Oc1ccccc1. The summed E-state index contributed by atoms with van der Waals surface area (Å²) in [6, 6.07) is 14.3. The second-order valence-corrected chi connectivity index (χ2v) is 4.61. The van der Waals surface area contributed by atoms with Crippen molar-refractivity contribution in [3.8, 4) is 17.2 Å². The third kappa shape index (κ3) is 3.51. The first-order valence-electron chi connectivity index (χ1n) is 6.39. The van der Waals surface area contributed by atoms with Gasteiger partial charge in [0.05, 0.1) is 6.10 Å². The molecular formula is C16H17NO3. The summed E-state index contributed by atoms with van der Waals surface area (Å²) in [5.74, 6) is 1.26. The summed E-state index contributed by atoms with van der Waals surface area (Å²) in [7, 11) is 0. The predicted molar refractivity (Wildman–Crippen MR) is 77.2 cm³/mol. The molecule has 0 radical (unpaired) electrons. The van der Waals surface area contributed by atoms with Gasteiger partial charge in [0, 0.05) is 5.56 Å². The molecule has 0 aliphatic carbocycles. The number of para-hydroxylation sites is 1. The summed E-state index contributed by atoms with van der Waals surface area (Å²) < 4.78 is 11.4. The fourth-order valence-electron chi connectivity index (χ4n) is 1.71. The van der Waals surface area contributed by atoms with Crippen molar-refractivity contribution in [1.29, 1.82) is 0 Å². The zero-order valence-electron chi connectivity index (χ0n) is 11.5. The Morgan fingerprint density at radius 2 is 1.75 bits per heavy atom. The van der Waals surface area contributed by atoms with Gasteiger partial charge in [0.2, 0.25) is 5.91 Å². The van der Waals surface area contributed by atoms with Gasteiger partial charge >= 0.3 is 0 Å². The van der Waals surface area contributed by atoms with Crippen LogP contribution in [-0.2, 0) is 0 Å². The number of carbonyl (C=O) groups excluding carboxylic acids is 1. The average Bonchev–Trinajstić information content (AvgIpc) is 2.41. The number of nitrogens with two attached hydrogens (primary N) is 1. The molecule has 0 bridgehead atoms. The van der Waals surface area contributed by atoms with Crippen LogP contribution in [0.2, 0.25) is 0 Å². The third-order valence-corrected chi connectivity index (χ3v) is 2.56. The van der Waals surface area contributed by atoms with Crippen LogP contribution < -0.4 is 15.2 Å². The highest BCUT2D eigenvalue weighted by molar-refractivity contribution is 5.93. The molecule has 2 aromatic carbocycles. The van der Waals surface area contributed by atoms with Crippen molar-refractivity contribution in [2.75, 3.05) is 0 Å². The monoisotopic (exact) mass is 271 g/mol. The maximum Gasteiger partial charge on any atom is 0.248 e. The van der Waals surface area contributed by atoms with Crippen molar-refractivity contribution in [2.24, 2.45) is 5.73 Å². The third-order valence-electron chi connectivity index (χ3n) is 2.56. The Bertz CT molecular complexity index is 594. The number of hydrogen-bond acceptors (Lipinski definition) is 3. The van der Waals surface area contributed by atoms with E-state index in [1.807, 2.05) is 44.2 Å². The van der Waals surface area contributed by atoms with E-state index in [1.54, 1.807) is 18.2 Å². The lowest BCUT2D eigenvalue weighted by Crippen LogP contribution is -2.12. The summed E-state index contributed by atoms with van der Waals surface area (Å²) in [5.41, 5.74) is 5.67. The number of primary amides is 1. The fraction of sp³-hybridized carbons (Fsp3) is 0.188. The van der Waals surface area contributed by atoms with Gasteiger partial charge in [-0.15, -0.1) is 0 Å². The smallest absolute Gasteiger partial charge is 0.248 e. The summed E-state index contributed by atoms with van der Waals surface area (Å²) in [4.78, 5) is 11.2. The quantitative estimate of drug-likeness (QED) is 0.907. The molecule has 4 heteroatoms. The second-order valence-electron chi connectivity index (χ2n) is 4.61. The van der Waals surface area contributed by atoms with Gasteiger partial charge < -0.3 is 15.2 Å². The summed E-state index contributed by atoms with van der Waals surface area (Å²) in [6.45, 7) is 3.81.